The number of ether oxygens (including phenoxy) is 1. The molecule has 37 heavy (non-hydrogen) atoms. The van der Waals surface area contributed by atoms with E-state index in [0.29, 0.717) is 17.9 Å². The molecule has 0 saturated heterocycles. The molecule has 1 amide bonds. The van der Waals surface area contributed by atoms with Crippen LogP contribution in [0.4, 0.5) is 5.69 Å². The summed E-state index contributed by atoms with van der Waals surface area (Å²) in [5, 5.41) is 2.81. The molecule has 0 aliphatic rings. The first-order chi connectivity index (χ1) is 17.5. The zero-order chi connectivity index (χ0) is 27.2. The summed E-state index contributed by atoms with van der Waals surface area (Å²) in [7, 11) is -7.47. The van der Waals surface area contributed by atoms with Crippen molar-refractivity contribution in [1.29, 1.82) is 0 Å². The summed E-state index contributed by atoms with van der Waals surface area (Å²) in [6.07, 6.45) is 3.02. The largest absolute Gasteiger partial charge is 0.492 e. The van der Waals surface area contributed by atoms with Gasteiger partial charge in [-0.1, -0.05) is 24.3 Å². The van der Waals surface area contributed by atoms with Gasteiger partial charge in [-0.25, -0.2) is 16.8 Å². The molecule has 1 unspecified atom stereocenters. The molecule has 0 bridgehead atoms. The Balaban J connectivity index is 1.92. The van der Waals surface area contributed by atoms with Gasteiger partial charge in [0.25, 0.3) is 10.0 Å². The lowest BCUT2D eigenvalue weighted by atomic mass is 10.1. The number of nitrogens with zero attached hydrogens (tertiary/aromatic N) is 1. The number of amides is 1. The number of benzene rings is 3. The quantitative estimate of drug-likeness (QED) is 0.347. The molecule has 0 aliphatic heterocycles. The lowest BCUT2D eigenvalue weighted by Crippen LogP contribution is -2.41. The van der Waals surface area contributed by atoms with Crippen LogP contribution >= 0.6 is 11.8 Å². The van der Waals surface area contributed by atoms with Gasteiger partial charge in [0.05, 0.1) is 28.1 Å². The van der Waals surface area contributed by atoms with Crippen molar-refractivity contribution in [2.75, 3.05) is 30.0 Å². The highest BCUT2D eigenvalue weighted by Gasteiger charge is 2.30. The zero-order valence-electron chi connectivity index (χ0n) is 21.0. The van der Waals surface area contributed by atoms with E-state index >= 15 is 0 Å². The third kappa shape index (κ3) is 7.06. The molecule has 3 aromatic carbocycles. The van der Waals surface area contributed by atoms with Crippen LogP contribution in [0.5, 0.6) is 5.75 Å². The van der Waals surface area contributed by atoms with Crippen molar-refractivity contribution in [3.63, 3.8) is 0 Å². The van der Waals surface area contributed by atoms with E-state index in [-0.39, 0.29) is 15.5 Å². The van der Waals surface area contributed by atoms with Gasteiger partial charge in [0, 0.05) is 11.2 Å². The van der Waals surface area contributed by atoms with E-state index in [9.17, 15) is 21.6 Å². The van der Waals surface area contributed by atoms with Crippen LogP contribution < -0.4 is 14.4 Å². The minimum Gasteiger partial charge on any atom is -0.492 e. The summed E-state index contributed by atoms with van der Waals surface area (Å²) in [5.74, 6) is -0.193. The number of thioether (sulfide) groups is 1. The molecule has 0 heterocycles. The number of para-hydroxylation sites is 2. The maximum atomic E-state index is 13.7. The lowest BCUT2D eigenvalue weighted by molar-refractivity contribution is -0.120. The van der Waals surface area contributed by atoms with Gasteiger partial charge in [0.15, 0.2) is 9.84 Å². The summed E-state index contributed by atoms with van der Waals surface area (Å²) in [5.41, 5.74) is 0.927. The predicted molar refractivity (Wildman–Crippen MR) is 146 cm³/mol. The van der Waals surface area contributed by atoms with Crippen molar-refractivity contribution < 1.29 is 26.4 Å². The van der Waals surface area contributed by atoms with Gasteiger partial charge in [-0.05, 0) is 74.2 Å². The highest BCUT2D eigenvalue weighted by molar-refractivity contribution is 7.98. The van der Waals surface area contributed by atoms with Crippen LogP contribution in [0, 0.1) is 0 Å². The Morgan fingerprint density at radius 2 is 1.54 bits per heavy atom. The van der Waals surface area contributed by atoms with Crippen molar-refractivity contribution in [2.24, 2.45) is 0 Å². The van der Waals surface area contributed by atoms with Gasteiger partial charge in [-0.2, -0.15) is 0 Å². The van der Waals surface area contributed by atoms with Gasteiger partial charge in [-0.15, -0.1) is 11.8 Å². The molecule has 198 valence electrons. The zero-order valence-corrected chi connectivity index (χ0v) is 23.5. The Hall–Kier alpha value is -3.02. The normalized spacial score (nSPS) is 12.5. The molecule has 0 fully saturated rings. The third-order valence-corrected chi connectivity index (χ3v) is 9.20. The molecule has 0 spiro atoms. The number of sulfone groups is 1. The van der Waals surface area contributed by atoms with Crippen molar-refractivity contribution in [1.82, 2.24) is 5.32 Å². The number of carbonyl (C=O) groups excluding carboxylic acids is 1. The van der Waals surface area contributed by atoms with Crippen molar-refractivity contribution in [3.05, 3.63) is 78.4 Å². The summed E-state index contributed by atoms with van der Waals surface area (Å²) >= 11 is 1.49. The van der Waals surface area contributed by atoms with Gasteiger partial charge in [-0.3, -0.25) is 9.10 Å². The number of sulfonamides is 1. The Morgan fingerprint density at radius 3 is 2.11 bits per heavy atom. The van der Waals surface area contributed by atoms with Crippen molar-refractivity contribution in [2.45, 2.75) is 34.6 Å². The predicted octanol–water partition coefficient (Wildman–Crippen LogP) is 4.28. The second kappa shape index (κ2) is 12.0. The standard InChI is InChI=1S/C26H30N2O6S3/c1-5-34-25-9-7-6-8-24(25)28(37(32,33)23-16-12-21(35-3)13-17-23)18-26(29)27-19(2)20-10-14-22(15-11-20)36(4,30)31/h6-17,19H,5,18H2,1-4H3,(H,27,29). The first-order valence-electron chi connectivity index (χ1n) is 11.5. The third-order valence-electron chi connectivity index (χ3n) is 5.55. The van der Waals surface area contributed by atoms with E-state index in [2.05, 4.69) is 5.32 Å². The minimum absolute atomic E-state index is 0.0498. The molecular weight excluding hydrogens is 532 g/mol. The SMILES string of the molecule is CCOc1ccccc1N(CC(=O)NC(C)c1ccc(S(C)(=O)=O)cc1)S(=O)(=O)c1ccc(SC)cc1. The van der Waals surface area contributed by atoms with E-state index in [4.69, 9.17) is 4.74 Å². The fraction of sp³-hybridized carbons (Fsp3) is 0.269. The van der Waals surface area contributed by atoms with E-state index in [1.165, 1.54) is 36.0 Å². The smallest absolute Gasteiger partial charge is 0.264 e. The lowest BCUT2D eigenvalue weighted by Gasteiger charge is -2.26. The average molecular weight is 563 g/mol. The van der Waals surface area contributed by atoms with Crippen LogP contribution in [0.2, 0.25) is 0 Å². The summed E-state index contributed by atoms with van der Waals surface area (Å²) < 4.78 is 57.6. The van der Waals surface area contributed by atoms with Gasteiger partial charge in [0.2, 0.25) is 5.91 Å². The molecule has 8 nitrogen and oxygen atoms in total. The molecule has 11 heteroatoms. The molecule has 1 atom stereocenters. The molecule has 3 rings (SSSR count). The fourth-order valence-electron chi connectivity index (χ4n) is 3.62. The molecule has 1 N–H and O–H groups in total. The van der Waals surface area contributed by atoms with Crippen LogP contribution in [0.3, 0.4) is 0 Å². The first kappa shape index (κ1) is 28.5. The summed E-state index contributed by atoms with van der Waals surface area (Å²) in [6.45, 7) is 3.37. The van der Waals surface area contributed by atoms with Crippen molar-refractivity contribution in [3.8, 4) is 5.75 Å². The Labute approximate surface area is 223 Å². The number of carbonyl (C=O) groups is 1. The number of hydrogen-bond acceptors (Lipinski definition) is 7. The molecule has 0 aromatic heterocycles. The summed E-state index contributed by atoms with van der Waals surface area (Å²) in [4.78, 5) is 14.3. The number of nitrogens with one attached hydrogen (secondary N) is 1. The van der Waals surface area contributed by atoms with Gasteiger partial charge in [0.1, 0.15) is 12.3 Å². The first-order valence-corrected chi connectivity index (χ1v) is 16.0. The van der Waals surface area contributed by atoms with E-state index < -0.39 is 38.4 Å². The molecule has 0 saturated carbocycles. The van der Waals surface area contributed by atoms with Gasteiger partial charge >= 0.3 is 0 Å². The second-order valence-electron chi connectivity index (χ2n) is 8.22. The topological polar surface area (TPSA) is 110 Å². The van der Waals surface area contributed by atoms with Gasteiger partial charge < -0.3 is 10.1 Å². The second-order valence-corrected chi connectivity index (χ2v) is 13.0. The number of rotatable bonds is 11. The molecule has 0 radical (unpaired) electrons. The van der Waals surface area contributed by atoms with Crippen LogP contribution in [-0.4, -0.2) is 48.4 Å². The maximum Gasteiger partial charge on any atom is 0.264 e. The van der Waals surface area contributed by atoms with Crippen LogP contribution in [0.1, 0.15) is 25.5 Å². The monoisotopic (exact) mass is 562 g/mol. The molecule has 3 aromatic rings. The van der Waals surface area contributed by atoms with Crippen molar-refractivity contribution >= 4 is 43.2 Å². The van der Waals surface area contributed by atoms with Crippen LogP contribution in [-0.2, 0) is 24.7 Å². The van der Waals surface area contributed by atoms with E-state index in [1.54, 1.807) is 62.4 Å². The Morgan fingerprint density at radius 1 is 0.946 bits per heavy atom. The maximum absolute atomic E-state index is 13.7. The Bertz CT molecular complexity index is 1440. The molecule has 0 aliphatic carbocycles. The highest BCUT2D eigenvalue weighted by Crippen LogP contribution is 2.33. The van der Waals surface area contributed by atoms with Crippen LogP contribution in [0.25, 0.3) is 0 Å². The molecular formula is C26H30N2O6S3. The minimum atomic E-state index is -4.12. The van der Waals surface area contributed by atoms with Crippen LogP contribution in [0.15, 0.2) is 87.5 Å². The number of anilines is 1. The van der Waals surface area contributed by atoms with E-state index in [1.807, 2.05) is 6.26 Å². The Kier molecular flexibility index (Phi) is 9.27. The summed E-state index contributed by atoms with van der Waals surface area (Å²) in [6, 6.07) is 18.8. The average Bonchev–Trinajstić information content (AvgIpc) is 2.87. The highest BCUT2D eigenvalue weighted by atomic mass is 32.2. The fourth-order valence-corrected chi connectivity index (χ4v) is 6.09. The van der Waals surface area contributed by atoms with E-state index in [0.717, 1.165) is 15.5 Å². The number of hydrogen-bond donors (Lipinski definition) is 1.